The van der Waals surface area contributed by atoms with Gasteiger partial charge in [0, 0.05) is 12.6 Å². The van der Waals surface area contributed by atoms with Crippen LogP contribution in [0.25, 0.3) is 0 Å². The quantitative estimate of drug-likeness (QED) is 0.364. The molecule has 1 N–H and O–H groups in total. The third-order valence-electron chi connectivity index (χ3n) is 7.22. The van der Waals surface area contributed by atoms with E-state index in [1.807, 2.05) is 56.3 Å². The van der Waals surface area contributed by atoms with E-state index in [0.29, 0.717) is 12.1 Å². The Bertz CT molecular complexity index is 1340. The Balaban J connectivity index is 1.68. The Morgan fingerprint density at radius 1 is 0.897 bits per heavy atom. The molecule has 0 saturated heterocycles. The normalized spacial score (nSPS) is 14.5. The maximum atomic E-state index is 14.1. The smallest absolute Gasteiger partial charge is 0.264 e. The van der Waals surface area contributed by atoms with Crippen molar-refractivity contribution in [2.45, 2.75) is 69.5 Å². The minimum Gasteiger partial charge on any atom is -0.352 e. The van der Waals surface area contributed by atoms with E-state index in [4.69, 9.17) is 0 Å². The number of nitrogens with zero attached hydrogens (tertiary/aromatic N) is 2. The molecule has 1 atom stereocenters. The van der Waals surface area contributed by atoms with Gasteiger partial charge in [0.1, 0.15) is 12.6 Å². The topological polar surface area (TPSA) is 86.8 Å². The number of hydrogen-bond acceptors (Lipinski definition) is 4. The third-order valence-corrected chi connectivity index (χ3v) is 9.00. The molecule has 0 heterocycles. The number of amides is 2. The second-order valence-electron chi connectivity index (χ2n) is 10.1. The molecule has 1 fully saturated rings. The van der Waals surface area contributed by atoms with Crippen molar-refractivity contribution in [3.63, 3.8) is 0 Å². The van der Waals surface area contributed by atoms with Crippen LogP contribution < -0.4 is 9.62 Å². The molecule has 2 amide bonds. The standard InChI is InChI=1S/C31H37N3O4S/c1-3-29(31(36)32-26-14-10-11-15-26)33(22-25-12-6-4-7-13-25)30(35)23-34(27-20-18-24(2)19-21-27)39(37,38)28-16-8-5-9-17-28/h4-9,12-13,16-21,26,29H,3,10-11,14-15,22-23H2,1-2H3,(H,32,36). The van der Waals surface area contributed by atoms with E-state index >= 15 is 0 Å². The lowest BCUT2D eigenvalue weighted by Gasteiger charge is -2.33. The first-order chi connectivity index (χ1) is 18.8. The van der Waals surface area contributed by atoms with Gasteiger partial charge in [-0.15, -0.1) is 0 Å². The van der Waals surface area contributed by atoms with Crippen LogP contribution in [0.4, 0.5) is 5.69 Å². The van der Waals surface area contributed by atoms with E-state index < -0.39 is 28.5 Å². The number of anilines is 1. The molecule has 0 bridgehead atoms. The molecule has 1 aliphatic rings. The number of benzene rings is 3. The van der Waals surface area contributed by atoms with E-state index in [9.17, 15) is 18.0 Å². The van der Waals surface area contributed by atoms with Gasteiger partial charge in [-0.25, -0.2) is 8.42 Å². The lowest BCUT2D eigenvalue weighted by atomic mass is 10.1. The van der Waals surface area contributed by atoms with Crippen molar-refractivity contribution in [3.05, 3.63) is 96.1 Å². The maximum absolute atomic E-state index is 14.1. The fourth-order valence-corrected chi connectivity index (χ4v) is 6.46. The summed E-state index contributed by atoms with van der Waals surface area (Å²) in [5.41, 5.74) is 2.23. The summed E-state index contributed by atoms with van der Waals surface area (Å²) >= 11 is 0. The van der Waals surface area contributed by atoms with Gasteiger partial charge in [0.25, 0.3) is 10.0 Å². The van der Waals surface area contributed by atoms with Crippen molar-refractivity contribution < 1.29 is 18.0 Å². The van der Waals surface area contributed by atoms with Gasteiger partial charge >= 0.3 is 0 Å². The minimum absolute atomic E-state index is 0.0963. The first kappa shape index (κ1) is 28.4. The predicted octanol–water partition coefficient (Wildman–Crippen LogP) is 5.06. The number of carbonyl (C=O) groups excluding carboxylic acids is 2. The largest absolute Gasteiger partial charge is 0.352 e. The van der Waals surface area contributed by atoms with Crippen LogP contribution in [0.15, 0.2) is 89.8 Å². The number of nitrogens with one attached hydrogen (secondary N) is 1. The number of hydrogen-bond donors (Lipinski definition) is 1. The number of carbonyl (C=O) groups is 2. The van der Waals surface area contributed by atoms with Crippen molar-refractivity contribution in [1.29, 1.82) is 0 Å². The molecule has 0 aliphatic heterocycles. The Morgan fingerprint density at radius 2 is 1.49 bits per heavy atom. The second-order valence-corrected chi connectivity index (χ2v) is 11.9. The van der Waals surface area contributed by atoms with Crippen molar-refractivity contribution in [1.82, 2.24) is 10.2 Å². The van der Waals surface area contributed by atoms with Crippen molar-refractivity contribution in [3.8, 4) is 0 Å². The lowest BCUT2D eigenvalue weighted by Crippen LogP contribution is -2.53. The summed E-state index contributed by atoms with van der Waals surface area (Å²) in [4.78, 5) is 29.1. The van der Waals surface area contributed by atoms with Crippen LogP contribution in [0.2, 0.25) is 0 Å². The summed E-state index contributed by atoms with van der Waals surface area (Å²) in [6, 6.07) is 24.0. The molecule has 0 spiro atoms. The second kappa shape index (κ2) is 12.9. The number of aryl methyl sites for hydroxylation is 1. The van der Waals surface area contributed by atoms with Gasteiger partial charge in [-0.05, 0) is 56.0 Å². The number of rotatable bonds is 11. The van der Waals surface area contributed by atoms with Gasteiger partial charge in [-0.3, -0.25) is 13.9 Å². The van der Waals surface area contributed by atoms with E-state index in [-0.39, 0.29) is 23.4 Å². The Kier molecular flexibility index (Phi) is 9.41. The lowest BCUT2D eigenvalue weighted by molar-refractivity contribution is -0.140. The van der Waals surface area contributed by atoms with Crippen LogP contribution in [-0.4, -0.2) is 43.8 Å². The average Bonchev–Trinajstić information content (AvgIpc) is 3.46. The zero-order valence-electron chi connectivity index (χ0n) is 22.6. The molecule has 0 radical (unpaired) electrons. The van der Waals surface area contributed by atoms with Crippen molar-refractivity contribution >= 4 is 27.5 Å². The zero-order valence-corrected chi connectivity index (χ0v) is 23.4. The Hall–Kier alpha value is -3.65. The highest BCUT2D eigenvalue weighted by Crippen LogP contribution is 2.25. The average molecular weight is 548 g/mol. The molecular weight excluding hydrogens is 510 g/mol. The van der Waals surface area contributed by atoms with Gasteiger partial charge < -0.3 is 10.2 Å². The highest BCUT2D eigenvalue weighted by molar-refractivity contribution is 7.92. The van der Waals surface area contributed by atoms with Gasteiger partial charge in [-0.1, -0.05) is 86.0 Å². The summed E-state index contributed by atoms with van der Waals surface area (Å²) in [5, 5.41) is 3.13. The molecule has 3 aromatic rings. The fraction of sp³-hybridized carbons (Fsp3) is 0.355. The molecule has 206 valence electrons. The van der Waals surface area contributed by atoms with Gasteiger partial charge in [-0.2, -0.15) is 0 Å². The SMILES string of the molecule is CCC(C(=O)NC1CCCC1)N(Cc1ccccc1)C(=O)CN(c1ccc(C)cc1)S(=O)(=O)c1ccccc1. The molecular formula is C31H37N3O4S. The first-order valence-electron chi connectivity index (χ1n) is 13.6. The van der Waals surface area contributed by atoms with Crippen LogP contribution >= 0.6 is 0 Å². The molecule has 4 rings (SSSR count). The van der Waals surface area contributed by atoms with Crippen LogP contribution in [0.3, 0.4) is 0 Å². The van der Waals surface area contributed by atoms with E-state index in [0.717, 1.165) is 41.1 Å². The van der Waals surface area contributed by atoms with Gasteiger partial charge in [0.2, 0.25) is 11.8 Å². The highest BCUT2D eigenvalue weighted by atomic mass is 32.2. The monoisotopic (exact) mass is 547 g/mol. The number of sulfonamides is 1. The van der Waals surface area contributed by atoms with Crippen LogP contribution in [0.5, 0.6) is 0 Å². The predicted molar refractivity (Wildman–Crippen MR) is 154 cm³/mol. The van der Waals surface area contributed by atoms with Crippen molar-refractivity contribution in [2.24, 2.45) is 0 Å². The highest BCUT2D eigenvalue weighted by Gasteiger charge is 2.34. The molecule has 1 unspecified atom stereocenters. The molecule has 1 aliphatic carbocycles. The van der Waals surface area contributed by atoms with Crippen LogP contribution in [0.1, 0.15) is 50.2 Å². The fourth-order valence-electron chi connectivity index (χ4n) is 5.03. The van der Waals surface area contributed by atoms with E-state index in [1.165, 1.54) is 17.0 Å². The van der Waals surface area contributed by atoms with E-state index in [2.05, 4.69) is 5.32 Å². The molecule has 0 aromatic heterocycles. The summed E-state index contributed by atoms with van der Waals surface area (Å²) in [6.07, 6.45) is 4.44. The minimum atomic E-state index is -4.05. The molecule has 3 aromatic carbocycles. The summed E-state index contributed by atoms with van der Waals surface area (Å²) in [6.45, 7) is 3.56. The summed E-state index contributed by atoms with van der Waals surface area (Å²) in [5.74, 6) is -0.631. The maximum Gasteiger partial charge on any atom is 0.264 e. The molecule has 39 heavy (non-hydrogen) atoms. The summed E-state index contributed by atoms with van der Waals surface area (Å²) < 4.78 is 28.8. The van der Waals surface area contributed by atoms with E-state index in [1.54, 1.807) is 30.3 Å². The third kappa shape index (κ3) is 7.06. The first-order valence-corrected chi connectivity index (χ1v) is 15.0. The summed E-state index contributed by atoms with van der Waals surface area (Å²) in [7, 11) is -4.05. The van der Waals surface area contributed by atoms with Crippen LogP contribution in [-0.2, 0) is 26.2 Å². The van der Waals surface area contributed by atoms with Gasteiger partial charge in [0.15, 0.2) is 0 Å². The Labute approximate surface area is 231 Å². The van der Waals surface area contributed by atoms with Crippen molar-refractivity contribution in [2.75, 3.05) is 10.8 Å². The zero-order chi connectivity index (χ0) is 27.8. The Morgan fingerprint density at radius 3 is 2.08 bits per heavy atom. The van der Waals surface area contributed by atoms with Gasteiger partial charge in [0.05, 0.1) is 10.6 Å². The molecule has 7 nitrogen and oxygen atoms in total. The molecule has 8 heteroatoms. The molecule has 1 saturated carbocycles. The van der Waals surface area contributed by atoms with Crippen LogP contribution in [0, 0.1) is 6.92 Å².